The van der Waals surface area contributed by atoms with E-state index in [9.17, 15) is 38.4 Å². The Morgan fingerprint density at radius 2 is 0.811 bits per heavy atom. The quantitative estimate of drug-likeness (QED) is 0.0424. The van der Waals surface area contributed by atoms with Gasteiger partial charge in [0.1, 0.15) is 33.9 Å². The van der Waals surface area contributed by atoms with E-state index in [1.165, 1.54) is 0 Å². The molecule has 0 bridgehead atoms. The van der Waals surface area contributed by atoms with E-state index in [1.807, 2.05) is 108 Å². The first-order chi connectivity index (χ1) is 62.0. The van der Waals surface area contributed by atoms with Gasteiger partial charge in [0.25, 0.3) is 23.6 Å². The summed E-state index contributed by atoms with van der Waals surface area (Å²) >= 11 is 0. The number of hydrogen-bond acceptors (Lipinski definition) is 24. The molecule has 656 valence electrons. The molecule has 7 fully saturated rings. The van der Waals surface area contributed by atoms with Crippen LogP contribution in [0.15, 0.2) is 169 Å². The van der Waals surface area contributed by atoms with Crippen LogP contribution in [0, 0.1) is 0 Å². The van der Waals surface area contributed by atoms with Crippen LogP contribution in [0.2, 0.25) is 0 Å². The highest BCUT2D eigenvalue weighted by molar-refractivity contribution is 5.97. The summed E-state index contributed by atoms with van der Waals surface area (Å²) in [5.74, 6) is 0.350. The number of nitrogens with zero attached hydrogens (tertiary/aromatic N) is 20. The number of H-pyrrole nitrogens is 2. The monoisotopic (exact) mass is 1720 g/mol. The van der Waals surface area contributed by atoms with Crippen LogP contribution >= 0.6 is 0 Å². The second-order valence-corrected chi connectivity index (χ2v) is 33.4. The van der Waals surface area contributed by atoms with Gasteiger partial charge >= 0.3 is 23.4 Å². The van der Waals surface area contributed by atoms with Crippen LogP contribution in [0.1, 0.15) is 133 Å². The predicted octanol–water partition coefficient (Wildman–Crippen LogP) is 7.11. The standard InChI is InChI=1S/C24H29N7O2.C23H29N7O2.2C22H23N7O2/c32-23(27-17-3-4-17)19-6-5-18(14-25-19)30-10-8-29(9-11-30)15-16-12-20-22(26-13-16)21-2-1-7-31(21)24(33)28-20;1-2-24-22(31)18-6-5-17(14-25-18)29-10-8-28(9-11-29)15-16-12-19-21(26-13-16)20-4-3-7-30(20)23(32)27-19;1-23-21(30)16-4-5-19(24-13-16)28-9-7-27(8-10-28)14-15-11-17-20(25-12-15)18-3-2-6-29(18)22(31)26-17;1-23-21(30)17-5-4-16(13-24-17)28-9-7-27(8-10-28)14-15-11-18-20(25-12-15)19-3-2-6-29(19)22(31)26-18/h5-6,12-14,17,21H,1-4,7-11,15H2,(H,27,32)(H,28,33);5-6,12-14,20H,2-4,7-11,15H2,1H3,(H,24,31)(H,27,32);2*2-6,11-13H,7-10,14H2,1H3,(H,23,30)(H,26,31). The topological polar surface area (TPSA) is 385 Å². The van der Waals surface area contributed by atoms with E-state index in [0.717, 1.165) is 284 Å². The minimum Gasteiger partial charge on any atom is -0.368 e. The Hall–Kier alpha value is -13.8. The molecule has 0 radical (unpaired) electrons. The Labute approximate surface area is 732 Å². The van der Waals surface area contributed by atoms with E-state index in [1.54, 1.807) is 78.3 Å². The molecule has 12 aromatic rings. The first-order valence-electron chi connectivity index (χ1n) is 43.9. The Balaban J connectivity index is 0.000000115. The van der Waals surface area contributed by atoms with Crippen LogP contribution in [0.5, 0.6) is 0 Å². The van der Waals surface area contributed by atoms with E-state index >= 15 is 0 Å². The van der Waals surface area contributed by atoms with Crippen LogP contribution in [0.4, 0.5) is 43.8 Å². The molecule has 8 amide bonds. The van der Waals surface area contributed by atoms with Crippen molar-refractivity contribution in [2.24, 2.45) is 0 Å². The predicted molar refractivity (Wildman–Crippen MR) is 483 cm³/mol. The molecule has 20 heterocycles. The highest BCUT2D eigenvalue weighted by Gasteiger charge is 2.39. The number of piperazine rings is 4. The Bertz CT molecular complexity index is 5940. The number of nitrogens with one attached hydrogen (secondary N) is 8. The lowest BCUT2D eigenvalue weighted by molar-refractivity contribution is 0.0939. The van der Waals surface area contributed by atoms with Gasteiger partial charge in [0, 0.05) is 214 Å². The number of amides is 8. The summed E-state index contributed by atoms with van der Waals surface area (Å²) in [6, 6.07) is 31.3. The maximum absolute atomic E-state index is 12.4. The second-order valence-electron chi connectivity index (χ2n) is 33.4. The Morgan fingerprint density at radius 1 is 0.402 bits per heavy atom. The molecule has 12 aromatic heterocycles. The van der Waals surface area contributed by atoms with Gasteiger partial charge < -0.3 is 71.3 Å². The lowest BCUT2D eigenvalue weighted by Crippen LogP contribution is -2.46. The van der Waals surface area contributed by atoms with Crippen molar-refractivity contribution in [1.82, 2.24) is 109 Å². The summed E-state index contributed by atoms with van der Waals surface area (Å²) in [5, 5.41) is 17.0. The number of hydrogen-bond donors (Lipinski definition) is 8. The molecule has 0 spiro atoms. The number of carbonyl (C=O) groups is 6. The maximum Gasteiger partial charge on any atom is 0.330 e. The van der Waals surface area contributed by atoms with E-state index in [0.29, 0.717) is 35.2 Å². The molecule has 9 aliphatic rings. The fraction of sp³-hybridized carbons (Fsp3) is 0.385. The number of carbonyl (C=O) groups excluding carboxylic acids is 6. The maximum atomic E-state index is 12.4. The average molecular weight is 1720 g/mol. The molecule has 1 aliphatic carbocycles. The van der Waals surface area contributed by atoms with Crippen LogP contribution < -0.4 is 62.9 Å². The highest BCUT2D eigenvalue weighted by Crippen LogP contribution is 2.41. The summed E-state index contributed by atoms with van der Waals surface area (Å²) in [5.41, 5.74) is 17.6. The van der Waals surface area contributed by atoms with Gasteiger partial charge in [-0.25, -0.2) is 39.1 Å². The minimum atomic E-state index is -0.181. The minimum absolute atomic E-state index is 0.000585. The van der Waals surface area contributed by atoms with Crippen LogP contribution in [-0.2, 0) is 26.2 Å². The van der Waals surface area contributed by atoms with E-state index in [4.69, 9.17) is 9.97 Å². The summed E-state index contributed by atoms with van der Waals surface area (Å²) in [6.45, 7) is 21.7. The summed E-state index contributed by atoms with van der Waals surface area (Å²) in [7, 11) is 3.21. The molecule has 8 aliphatic heterocycles. The zero-order valence-corrected chi connectivity index (χ0v) is 71.5. The first kappa shape index (κ1) is 84.0. The van der Waals surface area contributed by atoms with Crippen LogP contribution in [0.25, 0.3) is 33.1 Å². The molecule has 36 heteroatoms. The average Bonchev–Trinajstić information content (AvgIpc) is 1.08. The molecule has 21 rings (SSSR count). The molecule has 1 saturated carbocycles. The molecule has 2 unspecified atom stereocenters. The van der Waals surface area contributed by atoms with Crippen molar-refractivity contribution in [3.63, 3.8) is 0 Å². The number of pyridine rings is 8. The third-order valence-electron chi connectivity index (χ3n) is 25.1. The summed E-state index contributed by atoms with van der Waals surface area (Å²) < 4.78 is 3.15. The third kappa shape index (κ3) is 18.9. The smallest absolute Gasteiger partial charge is 0.330 e. The molecule has 2 atom stereocenters. The fourth-order valence-corrected chi connectivity index (χ4v) is 18.0. The van der Waals surface area contributed by atoms with Crippen molar-refractivity contribution in [2.75, 3.05) is 169 Å². The zero-order valence-electron chi connectivity index (χ0n) is 71.5. The van der Waals surface area contributed by atoms with Gasteiger partial charge in [-0.15, -0.1) is 0 Å². The van der Waals surface area contributed by atoms with Gasteiger partial charge in [-0.1, -0.05) is 0 Å². The summed E-state index contributed by atoms with van der Waals surface area (Å²) in [4.78, 5) is 161. The lowest BCUT2D eigenvalue weighted by atomic mass is 10.1. The number of rotatable bonds is 18. The van der Waals surface area contributed by atoms with Crippen molar-refractivity contribution in [3.8, 4) is 0 Å². The number of aromatic amines is 2. The number of fused-ring (bicyclic) bond motifs is 12. The van der Waals surface area contributed by atoms with Crippen LogP contribution in [-0.4, -0.2) is 268 Å². The lowest BCUT2D eigenvalue weighted by Gasteiger charge is -2.36. The molecule has 127 heavy (non-hydrogen) atoms. The SMILES string of the molecule is CCNC(=O)c1ccc(N2CCN(Cc3cnc4c(c3)NC(=O)N3CCCC43)CC2)cn1.CNC(=O)c1ccc(N2CCN(Cc3cnc4c(c3)[nH]c(=O)n3cccc43)CC2)cn1.CNC(=O)c1ccc(N2CCN(Cc3cnc4c(c3)[nH]c(=O)n3cccc43)CC2)nc1.O=C(NC1CC1)c1ccc(N2CCN(Cc3cnc4c(c3)NC(=O)N3CCCC43)CC2)cn1. The Kier molecular flexibility index (Phi) is 24.8. The molecular formula is C91H104N28O8. The van der Waals surface area contributed by atoms with Crippen LogP contribution in [0.3, 0.4) is 0 Å². The highest BCUT2D eigenvalue weighted by atomic mass is 16.2. The summed E-state index contributed by atoms with van der Waals surface area (Å²) in [6.07, 6.45) is 24.4. The van der Waals surface area contributed by atoms with Crippen molar-refractivity contribution >= 4 is 103 Å². The fourth-order valence-electron chi connectivity index (χ4n) is 18.0. The zero-order chi connectivity index (χ0) is 87.2. The van der Waals surface area contributed by atoms with Gasteiger partial charge in [0.15, 0.2) is 0 Å². The third-order valence-corrected chi connectivity index (χ3v) is 25.1. The molecule has 6 saturated heterocycles. The molecule has 8 N–H and O–H groups in total. The number of aromatic nitrogens is 12. The van der Waals surface area contributed by atoms with Gasteiger partial charge in [-0.2, -0.15) is 0 Å². The van der Waals surface area contributed by atoms with Gasteiger partial charge in [-0.3, -0.25) is 67.5 Å². The number of anilines is 6. The van der Waals surface area contributed by atoms with E-state index < -0.39 is 0 Å². The second kappa shape index (κ2) is 37.5. The number of urea groups is 2. The molecule has 0 aromatic carbocycles. The molecular weight excluding hydrogens is 1610 g/mol. The normalized spacial score (nSPS) is 18.3. The first-order valence-corrected chi connectivity index (χ1v) is 43.9. The van der Waals surface area contributed by atoms with Crippen molar-refractivity contribution < 1.29 is 28.8 Å². The van der Waals surface area contributed by atoms with Crippen molar-refractivity contribution in [3.05, 3.63) is 236 Å². The largest absolute Gasteiger partial charge is 0.368 e. The van der Waals surface area contributed by atoms with E-state index in [2.05, 4.69) is 123 Å². The van der Waals surface area contributed by atoms with Gasteiger partial charge in [0.2, 0.25) is 0 Å². The van der Waals surface area contributed by atoms with E-state index in [-0.39, 0.29) is 59.2 Å². The van der Waals surface area contributed by atoms with Gasteiger partial charge in [0.05, 0.1) is 98.1 Å². The Morgan fingerprint density at radius 3 is 1.20 bits per heavy atom. The molecule has 36 nitrogen and oxygen atoms in total. The van der Waals surface area contributed by atoms with Crippen molar-refractivity contribution in [2.45, 2.75) is 89.8 Å². The van der Waals surface area contributed by atoms with Gasteiger partial charge in [-0.05, 0) is 165 Å². The van der Waals surface area contributed by atoms with Crippen molar-refractivity contribution in [1.29, 1.82) is 0 Å².